The zero-order valence-corrected chi connectivity index (χ0v) is 14.7. The first-order valence-corrected chi connectivity index (χ1v) is 9.51. The molecule has 0 aliphatic rings. The van der Waals surface area contributed by atoms with Crippen molar-refractivity contribution >= 4 is 21.6 Å². The van der Waals surface area contributed by atoms with Crippen LogP contribution in [0.4, 0.5) is 5.69 Å². The number of furan rings is 1. The maximum atomic E-state index is 12.3. The molecule has 0 atom stereocenters. The lowest BCUT2D eigenvalue weighted by Crippen LogP contribution is -2.25. The van der Waals surface area contributed by atoms with Gasteiger partial charge in [0.2, 0.25) is 0 Å². The van der Waals surface area contributed by atoms with E-state index >= 15 is 0 Å². The molecule has 2 aromatic carbocycles. The molecule has 0 aliphatic carbocycles. The number of amides is 1. The van der Waals surface area contributed by atoms with Gasteiger partial charge in [-0.05, 0) is 48.5 Å². The van der Waals surface area contributed by atoms with E-state index in [1.54, 1.807) is 54.8 Å². The smallest absolute Gasteiger partial charge is 0.261 e. The summed E-state index contributed by atoms with van der Waals surface area (Å²) in [6.07, 6.45) is 2.19. The summed E-state index contributed by atoms with van der Waals surface area (Å²) in [5.41, 5.74) is 0.841. The highest BCUT2D eigenvalue weighted by Crippen LogP contribution is 2.16. The molecule has 2 N–H and O–H groups in total. The Morgan fingerprint density at radius 3 is 2.31 bits per heavy atom. The first-order chi connectivity index (χ1) is 12.5. The summed E-state index contributed by atoms with van der Waals surface area (Å²) in [4.78, 5) is 12.3. The first-order valence-electron chi connectivity index (χ1n) is 8.03. The van der Waals surface area contributed by atoms with Gasteiger partial charge in [0.05, 0.1) is 11.2 Å². The van der Waals surface area contributed by atoms with Crippen molar-refractivity contribution in [2.45, 2.75) is 11.3 Å². The molecule has 7 heteroatoms. The van der Waals surface area contributed by atoms with Crippen molar-refractivity contribution in [3.05, 3.63) is 84.3 Å². The molecule has 0 radical (unpaired) electrons. The molecular formula is C19H18N2O4S. The minimum absolute atomic E-state index is 0.180. The molecule has 26 heavy (non-hydrogen) atoms. The largest absolute Gasteiger partial charge is 0.469 e. The minimum Gasteiger partial charge on any atom is -0.469 e. The van der Waals surface area contributed by atoms with Crippen LogP contribution in [0.25, 0.3) is 0 Å². The van der Waals surface area contributed by atoms with Crippen molar-refractivity contribution in [3.63, 3.8) is 0 Å². The number of sulfonamides is 1. The fraction of sp³-hybridized carbons (Fsp3) is 0.105. The van der Waals surface area contributed by atoms with Gasteiger partial charge in [-0.3, -0.25) is 9.52 Å². The molecule has 1 amide bonds. The number of carbonyl (C=O) groups is 1. The molecule has 0 fully saturated rings. The zero-order chi connectivity index (χ0) is 18.4. The predicted molar refractivity (Wildman–Crippen MR) is 98.4 cm³/mol. The Kier molecular flexibility index (Phi) is 5.38. The zero-order valence-electron chi connectivity index (χ0n) is 13.9. The normalized spacial score (nSPS) is 11.1. The molecule has 1 aromatic heterocycles. The van der Waals surface area contributed by atoms with Crippen LogP contribution in [0.3, 0.4) is 0 Å². The molecule has 6 nitrogen and oxygen atoms in total. The Balaban J connectivity index is 1.58. The first kappa shape index (κ1) is 17.8. The Morgan fingerprint density at radius 2 is 1.65 bits per heavy atom. The molecule has 0 aliphatic heterocycles. The second-order valence-electron chi connectivity index (χ2n) is 5.58. The lowest BCUT2D eigenvalue weighted by molar-refractivity contribution is 0.0953. The van der Waals surface area contributed by atoms with Gasteiger partial charge < -0.3 is 9.73 Å². The van der Waals surface area contributed by atoms with Crippen LogP contribution in [0.1, 0.15) is 16.1 Å². The van der Waals surface area contributed by atoms with Crippen LogP contribution in [0, 0.1) is 0 Å². The van der Waals surface area contributed by atoms with Crippen LogP contribution in [-0.2, 0) is 16.4 Å². The number of rotatable bonds is 7. The van der Waals surface area contributed by atoms with Crippen LogP contribution in [0.15, 0.2) is 82.3 Å². The minimum atomic E-state index is -3.65. The SMILES string of the molecule is O=C(NCCc1ccco1)c1ccc(NS(=O)(=O)c2ccccc2)cc1. The van der Waals surface area contributed by atoms with Crippen molar-refractivity contribution in [2.75, 3.05) is 11.3 Å². The van der Waals surface area contributed by atoms with E-state index in [0.717, 1.165) is 5.76 Å². The van der Waals surface area contributed by atoms with Crippen LogP contribution < -0.4 is 10.0 Å². The molecule has 1 heterocycles. The van der Waals surface area contributed by atoms with Gasteiger partial charge in [0.1, 0.15) is 5.76 Å². The quantitative estimate of drug-likeness (QED) is 0.669. The summed E-state index contributed by atoms with van der Waals surface area (Å²) in [6, 6.07) is 18.0. The summed E-state index contributed by atoms with van der Waals surface area (Å²) in [6.45, 7) is 0.453. The van der Waals surface area contributed by atoms with E-state index in [2.05, 4.69) is 10.0 Å². The highest BCUT2D eigenvalue weighted by atomic mass is 32.2. The topological polar surface area (TPSA) is 88.4 Å². The predicted octanol–water partition coefficient (Wildman–Crippen LogP) is 3.05. The average Bonchev–Trinajstić information content (AvgIpc) is 3.16. The number of benzene rings is 2. The number of nitrogens with one attached hydrogen (secondary N) is 2. The maximum absolute atomic E-state index is 12.3. The third kappa shape index (κ3) is 4.52. The highest BCUT2D eigenvalue weighted by Gasteiger charge is 2.13. The van der Waals surface area contributed by atoms with E-state index in [9.17, 15) is 13.2 Å². The number of hydrogen-bond donors (Lipinski definition) is 2. The van der Waals surface area contributed by atoms with E-state index in [-0.39, 0.29) is 10.8 Å². The summed E-state index contributed by atoms with van der Waals surface area (Å²) in [7, 11) is -3.65. The van der Waals surface area contributed by atoms with E-state index < -0.39 is 10.0 Å². The summed E-state index contributed by atoms with van der Waals surface area (Å²) in [5, 5.41) is 2.79. The molecule has 0 bridgehead atoms. The fourth-order valence-corrected chi connectivity index (χ4v) is 3.44. The van der Waals surface area contributed by atoms with E-state index in [1.807, 2.05) is 6.07 Å². The van der Waals surface area contributed by atoms with Gasteiger partial charge >= 0.3 is 0 Å². The van der Waals surface area contributed by atoms with Crippen molar-refractivity contribution < 1.29 is 17.6 Å². The standard InChI is InChI=1S/C19H18N2O4S/c22-19(20-13-12-17-5-4-14-25-17)15-8-10-16(11-9-15)21-26(23,24)18-6-2-1-3-7-18/h1-11,14,21H,12-13H2,(H,20,22). The van der Waals surface area contributed by atoms with Gasteiger partial charge in [0.25, 0.3) is 15.9 Å². The molecule has 0 unspecified atom stereocenters. The summed E-state index contributed by atoms with van der Waals surface area (Å²) < 4.78 is 32.2. The second kappa shape index (κ2) is 7.88. The Labute approximate surface area is 151 Å². The van der Waals surface area contributed by atoms with Gasteiger partial charge in [0, 0.05) is 24.2 Å². The van der Waals surface area contributed by atoms with E-state index in [0.29, 0.717) is 24.2 Å². The fourth-order valence-electron chi connectivity index (χ4n) is 2.36. The molecular weight excluding hydrogens is 352 g/mol. The Hall–Kier alpha value is -3.06. The lowest BCUT2D eigenvalue weighted by Gasteiger charge is -2.09. The Morgan fingerprint density at radius 1 is 0.923 bits per heavy atom. The molecule has 0 saturated heterocycles. The molecule has 0 saturated carbocycles. The monoisotopic (exact) mass is 370 g/mol. The van der Waals surface area contributed by atoms with E-state index in [4.69, 9.17) is 4.42 Å². The van der Waals surface area contributed by atoms with Gasteiger partial charge in [-0.1, -0.05) is 18.2 Å². The van der Waals surface area contributed by atoms with Crippen molar-refractivity contribution in [1.82, 2.24) is 5.32 Å². The van der Waals surface area contributed by atoms with Gasteiger partial charge in [-0.2, -0.15) is 0 Å². The number of anilines is 1. The van der Waals surface area contributed by atoms with Crippen molar-refractivity contribution in [3.8, 4) is 0 Å². The maximum Gasteiger partial charge on any atom is 0.261 e. The molecule has 3 aromatic rings. The van der Waals surface area contributed by atoms with Gasteiger partial charge in [-0.15, -0.1) is 0 Å². The second-order valence-corrected chi connectivity index (χ2v) is 7.26. The average molecular weight is 370 g/mol. The van der Waals surface area contributed by atoms with E-state index in [1.165, 1.54) is 12.1 Å². The molecule has 0 spiro atoms. The van der Waals surface area contributed by atoms with Crippen molar-refractivity contribution in [1.29, 1.82) is 0 Å². The van der Waals surface area contributed by atoms with Crippen LogP contribution >= 0.6 is 0 Å². The van der Waals surface area contributed by atoms with Gasteiger partial charge in [0.15, 0.2) is 0 Å². The van der Waals surface area contributed by atoms with Crippen LogP contribution in [0.5, 0.6) is 0 Å². The molecule has 3 rings (SSSR count). The third-order valence-electron chi connectivity index (χ3n) is 3.69. The van der Waals surface area contributed by atoms with Gasteiger partial charge in [-0.25, -0.2) is 8.42 Å². The van der Waals surface area contributed by atoms with Crippen molar-refractivity contribution in [2.24, 2.45) is 0 Å². The lowest BCUT2D eigenvalue weighted by atomic mass is 10.2. The van der Waals surface area contributed by atoms with Crippen LogP contribution in [0.2, 0.25) is 0 Å². The third-order valence-corrected chi connectivity index (χ3v) is 5.09. The van der Waals surface area contributed by atoms with Crippen LogP contribution in [-0.4, -0.2) is 20.9 Å². The molecule has 134 valence electrons. The number of carbonyl (C=O) groups excluding carboxylic acids is 1. The number of hydrogen-bond acceptors (Lipinski definition) is 4. The summed E-state index contributed by atoms with van der Waals surface area (Å²) >= 11 is 0. The Bertz CT molecular complexity index is 951. The highest BCUT2D eigenvalue weighted by molar-refractivity contribution is 7.92. The summed E-state index contributed by atoms with van der Waals surface area (Å²) in [5.74, 6) is 0.574.